The summed E-state index contributed by atoms with van der Waals surface area (Å²) in [5.41, 5.74) is -2.95. The minimum Gasteiger partial charge on any atom is -0.387 e. The molecule has 1 aliphatic carbocycles. The zero-order valence-corrected chi connectivity index (χ0v) is 18.9. The molecule has 3 aliphatic rings. The Hall–Kier alpha value is -3.61. The summed E-state index contributed by atoms with van der Waals surface area (Å²) >= 11 is 0. The molecule has 6 atom stereocenters. The summed E-state index contributed by atoms with van der Waals surface area (Å²) in [7, 11) is 0. The van der Waals surface area contributed by atoms with Crippen molar-refractivity contribution >= 4 is 17.7 Å². The molecule has 2 aromatic rings. The number of carbonyl (C=O) groups is 3. The maximum absolute atomic E-state index is 13.1. The first-order chi connectivity index (χ1) is 16.5. The fraction of sp³-hybridized carbons (Fsp3) is 0.435. The van der Waals surface area contributed by atoms with Crippen LogP contribution in [-0.2, 0) is 9.53 Å². The van der Waals surface area contributed by atoms with Crippen LogP contribution in [0.25, 0.3) is 0 Å². The highest BCUT2D eigenvalue weighted by molar-refractivity contribution is 6.22. The molecule has 184 valence electrons. The van der Waals surface area contributed by atoms with Gasteiger partial charge in [-0.25, -0.2) is 4.79 Å². The largest absolute Gasteiger partial charge is 0.387 e. The van der Waals surface area contributed by atoms with E-state index in [1.165, 1.54) is 0 Å². The number of rotatable bonds is 5. The lowest BCUT2D eigenvalue weighted by molar-refractivity contribution is -0.128. The number of amides is 3. The molecule has 1 saturated heterocycles. The number of imide groups is 1. The summed E-state index contributed by atoms with van der Waals surface area (Å²) in [4.78, 5) is 65.4. The maximum atomic E-state index is 13.1. The van der Waals surface area contributed by atoms with Crippen molar-refractivity contribution in [3.63, 3.8) is 0 Å². The van der Waals surface area contributed by atoms with Crippen LogP contribution in [-0.4, -0.2) is 72.8 Å². The van der Waals surface area contributed by atoms with Crippen LogP contribution in [0.2, 0.25) is 0 Å². The van der Waals surface area contributed by atoms with Crippen LogP contribution in [0.5, 0.6) is 0 Å². The second kappa shape index (κ2) is 7.70. The molecule has 0 bridgehead atoms. The molecule has 12 nitrogen and oxygen atoms in total. The average Bonchev–Trinajstić information content (AvgIpc) is 3.14. The molecule has 4 unspecified atom stereocenters. The van der Waals surface area contributed by atoms with E-state index in [1.807, 2.05) is 4.98 Å². The number of carbonyl (C=O) groups excluding carboxylic acids is 3. The van der Waals surface area contributed by atoms with E-state index in [-0.39, 0.29) is 13.0 Å². The molecule has 0 spiro atoms. The number of aliphatic hydroxyl groups is 2. The van der Waals surface area contributed by atoms with Gasteiger partial charge in [0.05, 0.1) is 22.1 Å². The predicted octanol–water partition coefficient (Wildman–Crippen LogP) is -1.26. The number of benzene rings is 1. The first-order valence-corrected chi connectivity index (χ1v) is 11.1. The summed E-state index contributed by atoms with van der Waals surface area (Å²) in [6, 6.07) is 7.57. The number of H-pyrrole nitrogens is 1. The third-order valence-electron chi connectivity index (χ3n) is 7.48. The van der Waals surface area contributed by atoms with Crippen LogP contribution in [0.4, 0.5) is 0 Å². The van der Waals surface area contributed by atoms with E-state index < -0.39 is 64.5 Å². The zero-order valence-electron chi connectivity index (χ0n) is 18.9. The van der Waals surface area contributed by atoms with Gasteiger partial charge in [-0.2, -0.15) is 0 Å². The highest BCUT2D eigenvalue weighted by Gasteiger charge is 2.72. The first kappa shape index (κ1) is 23.1. The number of aromatic nitrogens is 2. The lowest BCUT2D eigenvalue weighted by Crippen LogP contribution is -2.48. The number of fused-ring (bicyclic) bond motifs is 1. The maximum Gasteiger partial charge on any atom is 0.330 e. The van der Waals surface area contributed by atoms with Crippen molar-refractivity contribution in [3.8, 4) is 0 Å². The van der Waals surface area contributed by atoms with Gasteiger partial charge in [-0.1, -0.05) is 12.1 Å². The van der Waals surface area contributed by atoms with E-state index >= 15 is 0 Å². The molecular formula is C23H24N4O8. The predicted molar refractivity (Wildman–Crippen MR) is 118 cm³/mol. The van der Waals surface area contributed by atoms with E-state index in [9.17, 15) is 34.2 Å². The molecular weight excluding hydrogens is 460 g/mol. The molecule has 1 aromatic carbocycles. The zero-order chi connectivity index (χ0) is 25.3. The Bertz CT molecular complexity index is 1330. The molecule has 2 fully saturated rings. The third kappa shape index (κ3) is 3.28. The molecule has 1 aromatic heterocycles. The number of nitrogens with zero attached hydrogens (tertiary/aromatic N) is 2. The number of hydrogen-bond acceptors (Lipinski definition) is 8. The van der Waals surface area contributed by atoms with Crippen LogP contribution in [0.1, 0.15) is 47.2 Å². The van der Waals surface area contributed by atoms with Crippen LogP contribution in [0.15, 0.2) is 46.1 Å². The molecule has 3 heterocycles. The van der Waals surface area contributed by atoms with Crippen molar-refractivity contribution in [2.45, 2.75) is 50.3 Å². The number of nitrogens with one attached hydrogen (secondary N) is 2. The lowest BCUT2D eigenvalue weighted by Gasteiger charge is -2.27. The molecule has 2 aliphatic heterocycles. The third-order valence-corrected chi connectivity index (χ3v) is 7.48. The van der Waals surface area contributed by atoms with Crippen LogP contribution in [0, 0.1) is 5.41 Å². The molecule has 5 rings (SSSR count). The molecule has 12 heteroatoms. The quantitative estimate of drug-likeness (QED) is 0.381. The highest BCUT2D eigenvalue weighted by atomic mass is 16.6. The monoisotopic (exact) mass is 484 g/mol. The smallest absolute Gasteiger partial charge is 0.330 e. The second-order valence-corrected chi connectivity index (χ2v) is 9.55. The fourth-order valence-corrected chi connectivity index (χ4v) is 5.08. The number of aliphatic hydroxyl groups excluding tert-OH is 2. The summed E-state index contributed by atoms with van der Waals surface area (Å²) < 4.78 is 6.56. The standard InChI is InChI=1S/C23H24N4O8/c1-22(10-23(22,2)27-17(31)11-5-3-4-6-12(11)18(27)32)20(33)24-9-13-15(29)16(30)19(35-13)26-8-7-14(28)25-21(26)34/h3-8,13,15-16,19,29-30H,9-10H2,1-2H3,(H,24,33)(H,25,28,34)/t13-,15?,16?,19-,22?,23?/m1/s1. The Morgan fingerprint density at radius 1 is 1.09 bits per heavy atom. The van der Waals surface area contributed by atoms with Gasteiger partial charge in [0.2, 0.25) is 5.91 Å². The van der Waals surface area contributed by atoms with E-state index in [2.05, 4.69) is 5.32 Å². The van der Waals surface area contributed by atoms with Crippen LogP contribution < -0.4 is 16.6 Å². The van der Waals surface area contributed by atoms with E-state index in [0.29, 0.717) is 11.1 Å². The van der Waals surface area contributed by atoms with Crippen LogP contribution in [0.3, 0.4) is 0 Å². The van der Waals surface area contributed by atoms with Gasteiger partial charge < -0.3 is 20.3 Å². The molecule has 1 saturated carbocycles. The SMILES string of the molecule is CC1(C(=O)NC[C@H]2O[C@@H](n3ccc(=O)[nH]c3=O)C(O)C2O)CC1(C)N1C(=O)c2ccccc2C1=O. The number of hydrogen-bond donors (Lipinski definition) is 4. The number of ether oxygens (including phenoxy) is 1. The van der Waals surface area contributed by atoms with Crippen molar-refractivity contribution in [3.05, 3.63) is 68.5 Å². The Morgan fingerprint density at radius 3 is 2.31 bits per heavy atom. The summed E-state index contributed by atoms with van der Waals surface area (Å²) in [5, 5.41) is 23.4. The van der Waals surface area contributed by atoms with Crippen molar-refractivity contribution in [1.82, 2.24) is 19.8 Å². The van der Waals surface area contributed by atoms with Gasteiger partial charge in [-0.15, -0.1) is 0 Å². The van der Waals surface area contributed by atoms with Gasteiger partial charge in [0.15, 0.2) is 6.23 Å². The summed E-state index contributed by atoms with van der Waals surface area (Å²) in [6.45, 7) is 3.13. The van der Waals surface area contributed by atoms with Gasteiger partial charge in [-0.3, -0.25) is 33.6 Å². The van der Waals surface area contributed by atoms with Crippen molar-refractivity contribution < 1.29 is 29.3 Å². The lowest BCUT2D eigenvalue weighted by atomic mass is 10.0. The average molecular weight is 484 g/mol. The van der Waals surface area contributed by atoms with E-state index in [4.69, 9.17) is 4.74 Å². The Balaban J connectivity index is 1.27. The normalized spacial score (nSPS) is 33.7. The van der Waals surface area contributed by atoms with Crippen molar-refractivity contribution in [2.75, 3.05) is 6.54 Å². The number of aromatic amines is 1. The summed E-state index contributed by atoms with van der Waals surface area (Å²) in [6.07, 6.45) is -3.83. The van der Waals surface area contributed by atoms with E-state index in [0.717, 1.165) is 21.7 Å². The highest BCUT2D eigenvalue weighted by Crippen LogP contribution is 2.61. The van der Waals surface area contributed by atoms with Gasteiger partial charge in [0.1, 0.15) is 18.3 Å². The van der Waals surface area contributed by atoms with Gasteiger partial charge in [0, 0.05) is 18.8 Å². The van der Waals surface area contributed by atoms with E-state index in [1.54, 1.807) is 38.1 Å². The van der Waals surface area contributed by atoms with Crippen molar-refractivity contribution in [2.24, 2.45) is 5.41 Å². The van der Waals surface area contributed by atoms with Gasteiger partial charge >= 0.3 is 5.69 Å². The molecule has 4 N–H and O–H groups in total. The Labute approximate surface area is 198 Å². The molecule has 0 radical (unpaired) electrons. The summed E-state index contributed by atoms with van der Waals surface area (Å²) in [5.74, 6) is -1.35. The van der Waals surface area contributed by atoms with Gasteiger partial charge in [-0.05, 0) is 32.4 Å². The first-order valence-electron chi connectivity index (χ1n) is 11.1. The van der Waals surface area contributed by atoms with Crippen LogP contribution >= 0.6 is 0 Å². The minimum absolute atomic E-state index is 0.195. The Kier molecular flexibility index (Phi) is 5.09. The molecule has 35 heavy (non-hydrogen) atoms. The fourth-order valence-electron chi connectivity index (χ4n) is 5.08. The van der Waals surface area contributed by atoms with Crippen molar-refractivity contribution in [1.29, 1.82) is 0 Å². The minimum atomic E-state index is -1.49. The second-order valence-electron chi connectivity index (χ2n) is 9.55. The topological polar surface area (TPSA) is 171 Å². The molecule has 3 amide bonds. The van der Waals surface area contributed by atoms with Gasteiger partial charge in [0.25, 0.3) is 17.4 Å². The Morgan fingerprint density at radius 2 is 1.71 bits per heavy atom.